The van der Waals surface area contributed by atoms with Crippen molar-refractivity contribution < 1.29 is 4.79 Å². The highest BCUT2D eigenvalue weighted by molar-refractivity contribution is 8.01. The Morgan fingerprint density at radius 2 is 2.48 bits per heavy atom. The number of nitrogens with two attached hydrogens (primary N) is 1. The zero-order valence-corrected chi connectivity index (χ0v) is 13.5. The SMILES string of the molecule is CN1CCC(NC(=O)CSc2nc3ccc(N)cc3s2)C1. The molecule has 0 spiro atoms. The standard InChI is InChI=1S/C14H18N4OS2/c1-18-5-4-10(7-18)16-13(19)8-20-14-17-11-3-2-9(15)6-12(11)21-14/h2-3,6,10H,4-5,7-8,15H2,1H3,(H,16,19). The van der Waals surface area contributed by atoms with Crippen LogP contribution in [0.2, 0.25) is 0 Å². The quantitative estimate of drug-likeness (QED) is 0.663. The molecule has 0 radical (unpaired) electrons. The number of hydrogen-bond donors (Lipinski definition) is 2. The van der Waals surface area contributed by atoms with Gasteiger partial charge >= 0.3 is 0 Å². The number of nitrogen functional groups attached to an aromatic ring is 1. The van der Waals surface area contributed by atoms with E-state index >= 15 is 0 Å². The summed E-state index contributed by atoms with van der Waals surface area (Å²) in [6, 6.07) is 5.98. The van der Waals surface area contributed by atoms with Crippen LogP contribution in [0.15, 0.2) is 22.5 Å². The molecule has 1 aromatic heterocycles. The number of likely N-dealkylation sites (N-methyl/N-ethyl adjacent to an activating group) is 1. The minimum absolute atomic E-state index is 0.0825. The van der Waals surface area contributed by atoms with E-state index in [2.05, 4.69) is 22.2 Å². The van der Waals surface area contributed by atoms with Gasteiger partial charge in [-0.05, 0) is 38.2 Å². The van der Waals surface area contributed by atoms with E-state index in [1.54, 1.807) is 11.3 Å². The average molecular weight is 322 g/mol. The topological polar surface area (TPSA) is 71.2 Å². The van der Waals surface area contributed by atoms with Crippen LogP contribution in [0, 0.1) is 0 Å². The second-order valence-electron chi connectivity index (χ2n) is 5.31. The third-order valence-corrected chi connectivity index (χ3v) is 5.64. The molecule has 1 unspecified atom stereocenters. The lowest BCUT2D eigenvalue weighted by Gasteiger charge is -2.12. The number of nitrogens with one attached hydrogen (secondary N) is 1. The van der Waals surface area contributed by atoms with E-state index in [9.17, 15) is 4.79 Å². The molecule has 1 aliphatic heterocycles. The summed E-state index contributed by atoms with van der Waals surface area (Å²) >= 11 is 3.07. The van der Waals surface area contributed by atoms with E-state index in [1.165, 1.54) is 11.8 Å². The summed E-state index contributed by atoms with van der Waals surface area (Å²) < 4.78 is 1.98. The number of hydrogen-bond acceptors (Lipinski definition) is 6. The van der Waals surface area contributed by atoms with Crippen molar-refractivity contribution in [1.82, 2.24) is 15.2 Å². The van der Waals surface area contributed by atoms with E-state index < -0.39 is 0 Å². The van der Waals surface area contributed by atoms with Gasteiger partial charge in [-0.25, -0.2) is 4.98 Å². The van der Waals surface area contributed by atoms with Crippen LogP contribution in [0.4, 0.5) is 5.69 Å². The maximum absolute atomic E-state index is 12.0. The smallest absolute Gasteiger partial charge is 0.230 e. The molecule has 7 heteroatoms. The highest BCUT2D eigenvalue weighted by atomic mass is 32.2. The first kappa shape index (κ1) is 14.6. The number of aromatic nitrogens is 1. The van der Waals surface area contributed by atoms with E-state index in [0.717, 1.165) is 39.8 Å². The highest BCUT2D eigenvalue weighted by Gasteiger charge is 2.21. The Labute approximate surface area is 131 Å². The van der Waals surface area contributed by atoms with Gasteiger partial charge in [0.1, 0.15) is 0 Å². The van der Waals surface area contributed by atoms with Crippen molar-refractivity contribution in [1.29, 1.82) is 0 Å². The van der Waals surface area contributed by atoms with Crippen LogP contribution in [-0.4, -0.2) is 47.7 Å². The van der Waals surface area contributed by atoms with Gasteiger partial charge in [0, 0.05) is 18.3 Å². The number of carbonyl (C=O) groups excluding carboxylic acids is 1. The molecule has 1 aliphatic rings. The van der Waals surface area contributed by atoms with Gasteiger partial charge in [-0.1, -0.05) is 11.8 Å². The van der Waals surface area contributed by atoms with Crippen LogP contribution in [0.3, 0.4) is 0 Å². The summed E-state index contributed by atoms with van der Waals surface area (Å²) in [7, 11) is 2.08. The number of nitrogens with zero attached hydrogens (tertiary/aromatic N) is 2. The maximum Gasteiger partial charge on any atom is 0.230 e. The average Bonchev–Trinajstić information content (AvgIpc) is 3.02. The Balaban J connectivity index is 1.54. The number of amides is 1. The van der Waals surface area contributed by atoms with Crippen molar-refractivity contribution in [2.24, 2.45) is 0 Å². The maximum atomic E-state index is 12.0. The molecule has 1 amide bonds. The lowest BCUT2D eigenvalue weighted by molar-refractivity contribution is -0.119. The molecule has 112 valence electrons. The monoisotopic (exact) mass is 322 g/mol. The van der Waals surface area contributed by atoms with Crippen molar-refractivity contribution in [3.63, 3.8) is 0 Å². The lowest BCUT2D eigenvalue weighted by atomic mass is 10.3. The molecular weight excluding hydrogens is 304 g/mol. The lowest BCUT2D eigenvalue weighted by Crippen LogP contribution is -2.37. The highest BCUT2D eigenvalue weighted by Crippen LogP contribution is 2.30. The van der Waals surface area contributed by atoms with Gasteiger partial charge in [0.15, 0.2) is 4.34 Å². The molecule has 2 aromatic rings. The van der Waals surface area contributed by atoms with Gasteiger partial charge in [0.25, 0.3) is 0 Å². The van der Waals surface area contributed by atoms with E-state index in [1.807, 2.05) is 18.2 Å². The number of likely N-dealkylation sites (tertiary alicyclic amines) is 1. The first-order valence-electron chi connectivity index (χ1n) is 6.87. The van der Waals surface area contributed by atoms with Crippen LogP contribution in [0.5, 0.6) is 0 Å². The zero-order valence-electron chi connectivity index (χ0n) is 11.8. The molecule has 3 N–H and O–H groups in total. The molecule has 21 heavy (non-hydrogen) atoms. The zero-order chi connectivity index (χ0) is 14.8. The van der Waals surface area contributed by atoms with Crippen LogP contribution in [0.1, 0.15) is 6.42 Å². The fourth-order valence-electron chi connectivity index (χ4n) is 2.43. The third kappa shape index (κ3) is 3.66. The Hall–Kier alpha value is -1.31. The molecule has 1 aromatic carbocycles. The summed E-state index contributed by atoms with van der Waals surface area (Å²) in [5, 5.41) is 3.08. The normalized spacial score (nSPS) is 19.2. The first-order chi connectivity index (χ1) is 10.1. The van der Waals surface area contributed by atoms with Gasteiger partial charge in [-0.15, -0.1) is 11.3 Å². The number of thioether (sulfide) groups is 1. The molecule has 1 fully saturated rings. The first-order valence-corrected chi connectivity index (χ1v) is 8.67. The molecule has 3 rings (SSSR count). The molecular formula is C14H18N4OS2. The van der Waals surface area contributed by atoms with Crippen LogP contribution >= 0.6 is 23.1 Å². The molecule has 0 aliphatic carbocycles. The van der Waals surface area contributed by atoms with Crippen molar-refractivity contribution in [2.75, 3.05) is 31.6 Å². The summed E-state index contributed by atoms with van der Waals surface area (Å²) in [6.07, 6.45) is 1.04. The predicted molar refractivity (Wildman–Crippen MR) is 88.8 cm³/mol. The number of benzene rings is 1. The largest absolute Gasteiger partial charge is 0.399 e. The van der Waals surface area contributed by atoms with Gasteiger partial charge < -0.3 is 16.0 Å². The second kappa shape index (κ2) is 6.21. The number of fused-ring (bicyclic) bond motifs is 1. The Kier molecular flexibility index (Phi) is 4.32. The van der Waals surface area contributed by atoms with E-state index in [4.69, 9.17) is 5.73 Å². The summed E-state index contributed by atoms with van der Waals surface area (Å²) in [4.78, 5) is 18.7. The van der Waals surface area contributed by atoms with E-state index in [-0.39, 0.29) is 5.91 Å². The Morgan fingerprint density at radius 1 is 1.62 bits per heavy atom. The van der Waals surface area contributed by atoms with Crippen LogP contribution < -0.4 is 11.1 Å². The van der Waals surface area contributed by atoms with Gasteiger partial charge in [0.2, 0.25) is 5.91 Å². The third-order valence-electron chi connectivity index (χ3n) is 3.48. The molecule has 1 saturated heterocycles. The second-order valence-corrected chi connectivity index (χ2v) is 7.56. The summed E-state index contributed by atoms with van der Waals surface area (Å²) in [5.41, 5.74) is 7.44. The number of carbonyl (C=O) groups is 1. The van der Waals surface area contributed by atoms with E-state index in [0.29, 0.717) is 11.8 Å². The fraction of sp³-hybridized carbons (Fsp3) is 0.429. The van der Waals surface area contributed by atoms with Crippen molar-refractivity contribution >= 4 is 44.9 Å². The Morgan fingerprint density at radius 3 is 3.24 bits per heavy atom. The predicted octanol–water partition coefficient (Wildman–Crippen LogP) is 1.79. The van der Waals surface area contributed by atoms with Crippen LogP contribution in [-0.2, 0) is 4.79 Å². The number of rotatable bonds is 4. The summed E-state index contributed by atoms with van der Waals surface area (Å²) in [6.45, 7) is 1.99. The number of thiazole rings is 1. The van der Waals surface area contributed by atoms with Gasteiger partial charge in [0.05, 0.1) is 16.0 Å². The minimum Gasteiger partial charge on any atom is -0.399 e. The van der Waals surface area contributed by atoms with Crippen molar-refractivity contribution in [3.8, 4) is 0 Å². The van der Waals surface area contributed by atoms with Gasteiger partial charge in [-0.2, -0.15) is 0 Å². The molecule has 2 heterocycles. The molecule has 5 nitrogen and oxygen atoms in total. The molecule has 0 saturated carbocycles. The minimum atomic E-state index is 0.0825. The van der Waals surface area contributed by atoms with Gasteiger partial charge in [-0.3, -0.25) is 4.79 Å². The molecule has 0 bridgehead atoms. The fourth-order valence-corrected chi connectivity index (χ4v) is 4.36. The van der Waals surface area contributed by atoms with Crippen molar-refractivity contribution in [2.45, 2.75) is 16.8 Å². The molecule has 1 atom stereocenters. The Bertz CT molecular complexity index is 657. The summed E-state index contributed by atoms with van der Waals surface area (Å²) in [5.74, 6) is 0.495. The number of anilines is 1. The van der Waals surface area contributed by atoms with Crippen LogP contribution in [0.25, 0.3) is 10.2 Å². The van der Waals surface area contributed by atoms with Crippen molar-refractivity contribution in [3.05, 3.63) is 18.2 Å².